The molecule has 1 rings (SSSR count). The quantitative estimate of drug-likeness (QED) is 0.786. The molecule has 0 aromatic heterocycles. The first-order valence-electron chi connectivity index (χ1n) is 5.56. The Morgan fingerprint density at radius 1 is 1.20 bits per heavy atom. The molecule has 0 heterocycles. The van der Waals surface area contributed by atoms with Crippen molar-refractivity contribution in [2.45, 2.75) is 0 Å². The molecular formula is C11H15N3O4S2. The van der Waals surface area contributed by atoms with Crippen molar-refractivity contribution in [2.75, 3.05) is 29.9 Å². The van der Waals surface area contributed by atoms with Crippen molar-refractivity contribution >= 4 is 25.7 Å². The zero-order chi connectivity index (χ0) is 15.4. The summed E-state index contributed by atoms with van der Waals surface area (Å²) in [5, 5.41) is 9.00. The van der Waals surface area contributed by atoms with Crippen molar-refractivity contribution in [1.29, 1.82) is 5.26 Å². The molecule has 0 spiro atoms. The average Bonchev–Trinajstić information content (AvgIpc) is 2.32. The highest BCUT2D eigenvalue weighted by Crippen LogP contribution is 2.21. The third-order valence-electron chi connectivity index (χ3n) is 2.37. The number of para-hydroxylation sites is 1. The highest BCUT2D eigenvalue weighted by molar-refractivity contribution is 7.92. The molecule has 1 aromatic carbocycles. The molecule has 0 amide bonds. The third-order valence-corrected chi connectivity index (χ3v) is 4.28. The molecule has 0 fully saturated rings. The van der Waals surface area contributed by atoms with Crippen LogP contribution in [0.25, 0.3) is 0 Å². The van der Waals surface area contributed by atoms with Gasteiger partial charge in [-0.15, -0.1) is 0 Å². The minimum Gasteiger partial charge on any atom is -0.268 e. The molecule has 0 atom stereocenters. The Bertz CT molecular complexity index is 720. The maximum absolute atomic E-state index is 11.8. The number of nitrogens with one attached hydrogen (secondary N) is 1. The fourth-order valence-electron chi connectivity index (χ4n) is 1.58. The number of benzene rings is 1. The fourth-order valence-corrected chi connectivity index (χ4v) is 2.98. The second-order valence-corrected chi connectivity index (χ2v) is 7.87. The van der Waals surface area contributed by atoms with Gasteiger partial charge in [0.15, 0.2) is 0 Å². The summed E-state index contributed by atoms with van der Waals surface area (Å²) in [7, 11) is -7.02. The van der Waals surface area contributed by atoms with Gasteiger partial charge in [-0.3, -0.25) is 4.31 Å². The molecule has 0 saturated carbocycles. The van der Waals surface area contributed by atoms with Crippen LogP contribution in [0.5, 0.6) is 0 Å². The Hall–Kier alpha value is -1.63. The van der Waals surface area contributed by atoms with Crippen molar-refractivity contribution in [3.63, 3.8) is 0 Å². The zero-order valence-corrected chi connectivity index (χ0v) is 12.7. The van der Waals surface area contributed by atoms with Gasteiger partial charge >= 0.3 is 0 Å². The molecule has 0 aliphatic heterocycles. The second kappa shape index (κ2) is 6.21. The van der Waals surface area contributed by atoms with Crippen LogP contribution >= 0.6 is 0 Å². The Morgan fingerprint density at radius 3 is 2.30 bits per heavy atom. The van der Waals surface area contributed by atoms with Gasteiger partial charge in [0.05, 0.1) is 23.8 Å². The SMILES string of the molecule is CS(=O)(=O)NCCN(c1ccccc1C#N)S(C)(=O)=O. The van der Waals surface area contributed by atoms with Crippen molar-refractivity contribution in [1.82, 2.24) is 4.72 Å². The van der Waals surface area contributed by atoms with Crippen LogP contribution in [0.15, 0.2) is 24.3 Å². The number of hydrogen-bond donors (Lipinski definition) is 1. The van der Waals surface area contributed by atoms with Gasteiger partial charge in [0.25, 0.3) is 0 Å². The summed E-state index contributed by atoms with van der Waals surface area (Å²) in [5.74, 6) is 0. The van der Waals surface area contributed by atoms with Crippen molar-refractivity contribution < 1.29 is 16.8 Å². The molecule has 110 valence electrons. The predicted molar refractivity (Wildman–Crippen MR) is 76.2 cm³/mol. The molecule has 0 saturated heterocycles. The lowest BCUT2D eigenvalue weighted by Crippen LogP contribution is -2.38. The van der Waals surface area contributed by atoms with Crippen LogP contribution in [0.1, 0.15) is 5.56 Å². The number of sulfonamides is 2. The molecule has 0 radical (unpaired) electrons. The van der Waals surface area contributed by atoms with E-state index in [4.69, 9.17) is 5.26 Å². The van der Waals surface area contributed by atoms with Crippen LogP contribution in [0.4, 0.5) is 5.69 Å². The second-order valence-electron chi connectivity index (χ2n) is 4.13. The van der Waals surface area contributed by atoms with Crippen molar-refractivity contribution in [3.05, 3.63) is 29.8 Å². The Kier molecular flexibility index (Phi) is 5.10. The third kappa shape index (κ3) is 4.80. The molecule has 0 aliphatic rings. The lowest BCUT2D eigenvalue weighted by molar-refractivity contribution is 0.583. The summed E-state index contributed by atoms with van der Waals surface area (Å²) in [4.78, 5) is 0. The highest BCUT2D eigenvalue weighted by Gasteiger charge is 2.20. The molecule has 0 aliphatic carbocycles. The van der Waals surface area contributed by atoms with E-state index in [-0.39, 0.29) is 24.3 Å². The fraction of sp³-hybridized carbons (Fsp3) is 0.364. The summed E-state index contributed by atoms with van der Waals surface area (Å²) in [6.07, 6.45) is 1.99. The van der Waals surface area contributed by atoms with Crippen LogP contribution in [-0.2, 0) is 20.0 Å². The van der Waals surface area contributed by atoms with Gasteiger partial charge in [0.2, 0.25) is 20.0 Å². The van der Waals surface area contributed by atoms with E-state index >= 15 is 0 Å². The van der Waals surface area contributed by atoms with Gasteiger partial charge in [0, 0.05) is 13.1 Å². The molecule has 20 heavy (non-hydrogen) atoms. The van der Waals surface area contributed by atoms with Crippen molar-refractivity contribution in [2.24, 2.45) is 0 Å². The molecule has 9 heteroatoms. The van der Waals surface area contributed by atoms with E-state index in [0.29, 0.717) is 0 Å². The molecule has 1 aromatic rings. The van der Waals surface area contributed by atoms with E-state index in [1.807, 2.05) is 6.07 Å². The first-order valence-corrected chi connectivity index (χ1v) is 9.30. The van der Waals surface area contributed by atoms with Crippen LogP contribution in [0, 0.1) is 11.3 Å². The van der Waals surface area contributed by atoms with E-state index in [2.05, 4.69) is 4.72 Å². The minimum absolute atomic E-state index is 0.0777. The van der Waals surface area contributed by atoms with Gasteiger partial charge < -0.3 is 0 Å². The van der Waals surface area contributed by atoms with Gasteiger partial charge in [0.1, 0.15) is 6.07 Å². The molecule has 0 unspecified atom stereocenters. The lowest BCUT2D eigenvalue weighted by atomic mass is 10.2. The van der Waals surface area contributed by atoms with E-state index in [9.17, 15) is 16.8 Å². The number of nitrogens with zero attached hydrogens (tertiary/aromatic N) is 2. The highest BCUT2D eigenvalue weighted by atomic mass is 32.2. The Labute approximate surface area is 118 Å². The smallest absolute Gasteiger partial charge is 0.232 e. The zero-order valence-electron chi connectivity index (χ0n) is 11.1. The van der Waals surface area contributed by atoms with Crippen LogP contribution < -0.4 is 9.03 Å². The standard InChI is InChI=1S/C11H15N3O4S2/c1-19(15,16)13-7-8-14(20(2,17)18)11-6-4-3-5-10(11)9-12/h3-6,13H,7-8H2,1-2H3. The number of rotatable bonds is 6. The largest absolute Gasteiger partial charge is 0.268 e. The van der Waals surface area contributed by atoms with Crippen LogP contribution in [0.2, 0.25) is 0 Å². The van der Waals surface area contributed by atoms with Gasteiger partial charge in [-0.1, -0.05) is 12.1 Å². The van der Waals surface area contributed by atoms with E-state index < -0.39 is 20.0 Å². The van der Waals surface area contributed by atoms with E-state index in [1.165, 1.54) is 12.1 Å². The predicted octanol–water partition coefficient (Wildman–Crippen LogP) is -0.127. The first-order chi connectivity index (χ1) is 9.15. The molecular weight excluding hydrogens is 302 g/mol. The normalized spacial score (nSPS) is 11.8. The summed E-state index contributed by atoms with van der Waals surface area (Å²) < 4.78 is 48.8. The average molecular weight is 317 g/mol. The number of hydrogen-bond acceptors (Lipinski definition) is 5. The summed E-state index contributed by atoms with van der Waals surface area (Å²) >= 11 is 0. The van der Waals surface area contributed by atoms with E-state index in [1.54, 1.807) is 12.1 Å². The molecule has 7 nitrogen and oxygen atoms in total. The summed E-state index contributed by atoms with van der Waals surface area (Å²) in [6, 6.07) is 8.14. The van der Waals surface area contributed by atoms with Gasteiger partial charge in [-0.05, 0) is 12.1 Å². The maximum atomic E-state index is 11.8. The minimum atomic E-state index is -3.62. The monoisotopic (exact) mass is 317 g/mol. The topological polar surface area (TPSA) is 107 Å². The summed E-state index contributed by atoms with van der Waals surface area (Å²) in [6.45, 7) is -0.170. The van der Waals surface area contributed by atoms with Gasteiger partial charge in [-0.2, -0.15) is 5.26 Å². The number of anilines is 1. The number of nitriles is 1. The van der Waals surface area contributed by atoms with E-state index in [0.717, 1.165) is 16.8 Å². The summed E-state index contributed by atoms with van der Waals surface area (Å²) in [5.41, 5.74) is 0.435. The van der Waals surface area contributed by atoms with Crippen LogP contribution in [-0.4, -0.2) is 42.4 Å². The van der Waals surface area contributed by atoms with Gasteiger partial charge in [-0.25, -0.2) is 21.6 Å². The first kappa shape index (κ1) is 16.4. The van der Waals surface area contributed by atoms with Crippen molar-refractivity contribution in [3.8, 4) is 6.07 Å². The maximum Gasteiger partial charge on any atom is 0.232 e. The molecule has 0 bridgehead atoms. The Morgan fingerprint density at radius 2 is 1.80 bits per heavy atom. The molecule has 1 N–H and O–H groups in total. The van der Waals surface area contributed by atoms with Crippen LogP contribution in [0.3, 0.4) is 0 Å². The lowest BCUT2D eigenvalue weighted by Gasteiger charge is -2.23. The Balaban J connectivity index is 3.06.